The van der Waals surface area contributed by atoms with Crippen molar-refractivity contribution in [2.75, 3.05) is 19.8 Å². The van der Waals surface area contributed by atoms with E-state index in [1.165, 1.54) is 4.90 Å². The molecule has 8 nitrogen and oxygen atoms in total. The number of nitrogens with zero attached hydrogens (tertiary/aromatic N) is 2. The maximum absolute atomic E-state index is 14.3. The maximum atomic E-state index is 14.3. The van der Waals surface area contributed by atoms with Gasteiger partial charge in [0.2, 0.25) is 5.91 Å². The van der Waals surface area contributed by atoms with Gasteiger partial charge in [-0.2, -0.15) is 0 Å². The Kier molecular flexibility index (Phi) is 12.9. The molecule has 3 amide bonds. The van der Waals surface area contributed by atoms with Crippen LogP contribution in [0.25, 0.3) is 0 Å². The molecule has 2 heterocycles. The Bertz CT molecular complexity index is 1640. The van der Waals surface area contributed by atoms with Gasteiger partial charge in [0.1, 0.15) is 12.2 Å². The summed E-state index contributed by atoms with van der Waals surface area (Å²) in [5, 5.41) is -0.0497. The molecular formula is C44H58N2O6SSi. The second-order valence-electron chi connectivity index (χ2n) is 17.0. The molecule has 2 fully saturated rings. The molecule has 0 saturated carbocycles. The molecule has 54 heavy (non-hydrogen) atoms. The van der Waals surface area contributed by atoms with Crippen LogP contribution in [0.4, 0.5) is 9.59 Å². The highest BCUT2D eigenvalue weighted by Gasteiger charge is 2.50. The van der Waals surface area contributed by atoms with E-state index in [0.717, 1.165) is 16.7 Å². The number of benzene rings is 3. The van der Waals surface area contributed by atoms with E-state index in [0.29, 0.717) is 25.8 Å². The summed E-state index contributed by atoms with van der Waals surface area (Å²) in [4.78, 5) is 44.8. The lowest BCUT2D eigenvalue weighted by Gasteiger charge is -2.37. The van der Waals surface area contributed by atoms with Gasteiger partial charge in [0.15, 0.2) is 8.32 Å². The molecule has 290 valence electrons. The SMILES string of the molecule is C=CCOC(=O)N1C[C@@H](SC(c2ccccc2)(c2ccccc2)c2ccccc2)C[C@H]1CC1C[C@@H](CO[Si](C)(C)C(C)(C)C)N(C(=O)OC(C)(C)C)C1=O. The van der Waals surface area contributed by atoms with Crippen molar-refractivity contribution < 1.29 is 28.3 Å². The Morgan fingerprint density at radius 2 is 1.33 bits per heavy atom. The predicted molar refractivity (Wildman–Crippen MR) is 220 cm³/mol. The molecule has 0 aliphatic carbocycles. The standard InChI is InChI=1S/C44H58N2O6SSi/c1-10-26-50-40(48)45-30-38(53-44(33-20-14-11-15-21-33,34-22-16-12-17-23-34)35-24-18-13-19-25-35)29-36(45)27-32-28-37(31-51-54(8,9)43(5,6)7)46(39(32)47)41(49)52-42(2,3)4/h10-25,32,36-38H,1,26-31H2,2-9H3/t32?,36-,37+,38+/m1/s1. The second kappa shape index (κ2) is 16.9. The summed E-state index contributed by atoms with van der Waals surface area (Å²) in [7, 11) is -2.19. The summed E-state index contributed by atoms with van der Waals surface area (Å²) in [6, 6.07) is 30.8. The highest BCUT2D eigenvalue weighted by atomic mass is 32.2. The zero-order valence-electron chi connectivity index (χ0n) is 33.2. The molecule has 0 aromatic heterocycles. The summed E-state index contributed by atoms with van der Waals surface area (Å²) >= 11 is 1.84. The number of hydrogen-bond acceptors (Lipinski definition) is 7. The molecule has 0 N–H and O–H groups in total. The topological polar surface area (TPSA) is 85.4 Å². The monoisotopic (exact) mass is 770 g/mol. The van der Waals surface area contributed by atoms with Crippen molar-refractivity contribution >= 4 is 38.2 Å². The highest BCUT2D eigenvalue weighted by molar-refractivity contribution is 8.01. The Hall–Kier alpha value is -3.86. The van der Waals surface area contributed by atoms with Crippen LogP contribution >= 0.6 is 11.8 Å². The van der Waals surface area contributed by atoms with E-state index in [1.807, 2.05) is 30.0 Å². The van der Waals surface area contributed by atoms with E-state index in [1.54, 1.807) is 31.7 Å². The van der Waals surface area contributed by atoms with Crippen molar-refractivity contribution in [3.05, 3.63) is 120 Å². The zero-order valence-corrected chi connectivity index (χ0v) is 35.1. The maximum Gasteiger partial charge on any atom is 0.417 e. The lowest BCUT2D eigenvalue weighted by atomic mass is 9.84. The first-order valence-corrected chi connectivity index (χ1v) is 22.8. The first kappa shape index (κ1) is 41.3. The fraction of sp³-hybridized carbons (Fsp3) is 0.477. The molecule has 1 unspecified atom stereocenters. The number of hydrogen-bond donors (Lipinski definition) is 0. The summed E-state index contributed by atoms with van der Waals surface area (Å²) in [6.45, 7) is 20.8. The molecule has 0 spiro atoms. The normalized spacial score (nSPS) is 20.9. The molecule has 4 atom stereocenters. The third kappa shape index (κ3) is 9.32. The van der Waals surface area contributed by atoms with Crippen LogP contribution in [0.2, 0.25) is 18.1 Å². The first-order chi connectivity index (χ1) is 25.5. The van der Waals surface area contributed by atoms with Crippen molar-refractivity contribution in [1.82, 2.24) is 9.80 Å². The number of imide groups is 1. The molecule has 3 aromatic carbocycles. The second-order valence-corrected chi connectivity index (χ2v) is 23.3. The van der Waals surface area contributed by atoms with Crippen LogP contribution in [0, 0.1) is 5.92 Å². The molecule has 2 aliphatic rings. The van der Waals surface area contributed by atoms with Crippen LogP contribution in [0.5, 0.6) is 0 Å². The van der Waals surface area contributed by atoms with Crippen molar-refractivity contribution in [2.45, 2.75) is 107 Å². The average Bonchev–Trinajstić information content (AvgIpc) is 3.67. The van der Waals surface area contributed by atoms with Crippen molar-refractivity contribution in [3.8, 4) is 0 Å². The van der Waals surface area contributed by atoms with Gasteiger partial charge < -0.3 is 18.8 Å². The average molecular weight is 771 g/mol. The van der Waals surface area contributed by atoms with Crippen LogP contribution < -0.4 is 0 Å². The van der Waals surface area contributed by atoms with Gasteiger partial charge in [-0.15, -0.1) is 11.8 Å². The summed E-state index contributed by atoms with van der Waals surface area (Å²) < 4.78 is 17.4. The van der Waals surface area contributed by atoms with Gasteiger partial charge >= 0.3 is 12.2 Å². The number of carbonyl (C=O) groups excluding carboxylic acids is 3. The molecule has 10 heteroatoms. The van der Waals surface area contributed by atoms with E-state index in [2.05, 4.69) is 113 Å². The van der Waals surface area contributed by atoms with Crippen molar-refractivity contribution in [1.29, 1.82) is 0 Å². The largest absolute Gasteiger partial charge is 0.445 e. The summed E-state index contributed by atoms with van der Waals surface area (Å²) in [5.74, 6) is -0.785. The first-order valence-electron chi connectivity index (χ1n) is 19.1. The van der Waals surface area contributed by atoms with Gasteiger partial charge in [0.25, 0.3) is 0 Å². The van der Waals surface area contributed by atoms with E-state index in [9.17, 15) is 14.4 Å². The summed E-state index contributed by atoms with van der Waals surface area (Å²) in [6.07, 6.45) is 1.94. The Labute approximate surface area is 327 Å². The van der Waals surface area contributed by atoms with Crippen LogP contribution in [-0.2, 0) is 23.4 Å². The zero-order chi connectivity index (χ0) is 39.3. The minimum absolute atomic E-state index is 0.0110. The van der Waals surface area contributed by atoms with E-state index in [-0.39, 0.29) is 35.5 Å². The number of amides is 3. The van der Waals surface area contributed by atoms with Gasteiger partial charge in [-0.05, 0) is 74.9 Å². The smallest absolute Gasteiger partial charge is 0.417 e. The lowest BCUT2D eigenvalue weighted by Crippen LogP contribution is -2.48. The fourth-order valence-electron chi connectivity index (χ4n) is 7.24. The minimum Gasteiger partial charge on any atom is -0.445 e. The number of thioether (sulfide) groups is 1. The molecular weight excluding hydrogens is 713 g/mol. The molecule has 5 rings (SSSR count). The van der Waals surface area contributed by atoms with Gasteiger partial charge in [-0.25, -0.2) is 14.5 Å². The molecule has 0 radical (unpaired) electrons. The van der Waals surface area contributed by atoms with E-state index in [4.69, 9.17) is 13.9 Å². The van der Waals surface area contributed by atoms with Gasteiger partial charge in [0, 0.05) is 23.8 Å². The number of carbonyl (C=O) groups is 3. The Balaban J connectivity index is 1.48. The van der Waals surface area contributed by atoms with Crippen molar-refractivity contribution in [2.24, 2.45) is 5.92 Å². The molecule has 2 aliphatic heterocycles. The lowest BCUT2D eigenvalue weighted by molar-refractivity contribution is -0.132. The number of rotatable bonds is 12. The van der Waals surface area contributed by atoms with Gasteiger partial charge in [-0.3, -0.25) is 4.79 Å². The molecule has 3 aromatic rings. The van der Waals surface area contributed by atoms with E-state index >= 15 is 0 Å². The molecule has 0 bridgehead atoms. The number of likely N-dealkylation sites (tertiary alicyclic amines) is 2. The molecule has 2 saturated heterocycles. The fourth-order valence-corrected chi connectivity index (χ4v) is 10.2. The van der Waals surface area contributed by atoms with Crippen LogP contribution in [0.15, 0.2) is 104 Å². The third-order valence-electron chi connectivity index (χ3n) is 10.9. The highest BCUT2D eigenvalue weighted by Crippen LogP contribution is 2.52. The Morgan fingerprint density at radius 1 is 0.815 bits per heavy atom. The third-order valence-corrected chi connectivity index (χ3v) is 17.2. The Morgan fingerprint density at radius 3 is 1.80 bits per heavy atom. The summed E-state index contributed by atoms with van der Waals surface area (Å²) in [5.41, 5.74) is 2.64. The van der Waals surface area contributed by atoms with E-state index < -0.39 is 42.8 Å². The van der Waals surface area contributed by atoms with Gasteiger partial charge in [0.05, 0.1) is 17.4 Å². The van der Waals surface area contributed by atoms with Crippen LogP contribution in [0.1, 0.15) is 77.5 Å². The van der Waals surface area contributed by atoms with Crippen molar-refractivity contribution in [3.63, 3.8) is 0 Å². The van der Waals surface area contributed by atoms with Crippen LogP contribution in [0.3, 0.4) is 0 Å². The van der Waals surface area contributed by atoms with Crippen LogP contribution in [-0.4, -0.2) is 78.9 Å². The predicted octanol–water partition coefficient (Wildman–Crippen LogP) is 10.0. The quantitative estimate of drug-likeness (QED) is 0.103. The minimum atomic E-state index is -2.19. The number of ether oxygens (including phenoxy) is 2. The van der Waals surface area contributed by atoms with Gasteiger partial charge in [-0.1, -0.05) is 124 Å².